The topological polar surface area (TPSA) is 37.4 Å². The molecule has 0 bridgehead atoms. The predicted molar refractivity (Wildman–Crippen MR) is 71.3 cm³/mol. The van der Waals surface area contributed by atoms with E-state index in [0.717, 1.165) is 19.3 Å². The Bertz CT molecular complexity index is 497. The first kappa shape index (κ1) is 13.1. The minimum absolute atomic E-state index is 0.215. The summed E-state index contributed by atoms with van der Waals surface area (Å²) in [5.41, 5.74) is 0. The number of sulfonamides is 1. The molecule has 0 spiro atoms. The third-order valence-corrected chi connectivity index (χ3v) is 5.79. The summed E-state index contributed by atoms with van der Waals surface area (Å²) in [5, 5.41) is 0. The first-order chi connectivity index (χ1) is 8.07. The van der Waals surface area contributed by atoms with Crippen molar-refractivity contribution in [1.29, 1.82) is 0 Å². The smallest absolute Gasteiger partial charge is 0.207 e. The maximum absolute atomic E-state index is 12.5. The summed E-state index contributed by atoms with van der Waals surface area (Å²) in [6.07, 6.45) is 2.83. The van der Waals surface area contributed by atoms with Gasteiger partial charge in [-0.3, -0.25) is 0 Å². The molecule has 0 radical (unpaired) electrons. The molecule has 0 aliphatic heterocycles. The molecule has 17 heavy (non-hydrogen) atoms. The molecule has 1 aromatic carbocycles. The highest BCUT2D eigenvalue weighted by Gasteiger charge is 2.37. The van der Waals surface area contributed by atoms with E-state index in [9.17, 15) is 8.42 Å². The van der Waals surface area contributed by atoms with Crippen molar-refractivity contribution in [3.8, 4) is 0 Å². The van der Waals surface area contributed by atoms with Gasteiger partial charge in [0.05, 0.1) is 4.90 Å². The normalized spacial score (nSPS) is 16.4. The van der Waals surface area contributed by atoms with E-state index in [2.05, 4.69) is 15.9 Å². The van der Waals surface area contributed by atoms with Crippen LogP contribution < -0.4 is 0 Å². The Morgan fingerprint density at radius 1 is 1.35 bits per heavy atom. The average molecular weight is 318 g/mol. The molecule has 0 aromatic heterocycles. The van der Waals surface area contributed by atoms with Gasteiger partial charge in [-0.1, -0.05) is 19.1 Å². The van der Waals surface area contributed by atoms with Crippen molar-refractivity contribution >= 4 is 26.0 Å². The highest BCUT2D eigenvalue weighted by atomic mass is 79.9. The van der Waals surface area contributed by atoms with Crippen molar-refractivity contribution in [1.82, 2.24) is 4.31 Å². The minimum Gasteiger partial charge on any atom is -0.207 e. The zero-order valence-corrected chi connectivity index (χ0v) is 12.2. The van der Waals surface area contributed by atoms with Gasteiger partial charge in [0.2, 0.25) is 10.0 Å². The fourth-order valence-electron chi connectivity index (χ4n) is 1.86. The lowest BCUT2D eigenvalue weighted by Gasteiger charge is -2.21. The lowest BCUT2D eigenvalue weighted by molar-refractivity contribution is 0.403. The van der Waals surface area contributed by atoms with E-state index >= 15 is 0 Å². The second kappa shape index (κ2) is 5.08. The molecule has 0 heterocycles. The SMILES string of the molecule is CCCN(C1CC1)S(=O)(=O)c1ccccc1Br. The van der Waals surface area contributed by atoms with Gasteiger partial charge in [-0.05, 0) is 47.3 Å². The van der Waals surface area contributed by atoms with Crippen LogP contribution in [0, 0.1) is 0 Å². The second-order valence-electron chi connectivity index (χ2n) is 4.28. The van der Waals surface area contributed by atoms with Crippen LogP contribution in [-0.2, 0) is 10.0 Å². The third kappa shape index (κ3) is 2.72. The van der Waals surface area contributed by atoms with Crippen LogP contribution in [0.2, 0.25) is 0 Å². The van der Waals surface area contributed by atoms with Gasteiger partial charge in [-0.25, -0.2) is 8.42 Å². The number of benzene rings is 1. The first-order valence-electron chi connectivity index (χ1n) is 5.83. The number of rotatable bonds is 5. The Labute approximate surface area is 111 Å². The number of halogens is 1. The van der Waals surface area contributed by atoms with Gasteiger partial charge in [0, 0.05) is 17.1 Å². The number of nitrogens with zero attached hydrogens (tertiary/aromatic N) is 1. The van der Waals surface area contributed by atoms with Gasteiger partial charge in [0.15, 0.2) is 0 Å². The van der Waals surface area contributed by atoms with E-state index in [1.54, 1.807) is 22.5 Å². The second-order valence-corrected chi connectivity index (χ2v) is 6.99. The van der Waals surface area contributed by atoms with Crippen molar-refractivity contribution in [2.75, 3.05) is 6.54 Å². The van der Waals surface area contributed by atoms with Gasteiger partial charge >= 0.3 is 0 Å². The maximum Gasteiger partial charge on any atom is 0.244 e. The average Bonchev–Trinajstić information content (AvgIpc) is 3.10. The molecular formula is C12H16BrNO2S. The molecule has 1 fully saturated rings. The summed E-state index contributed by atoms with van der Waals surface area (Å²) in [6, 6.07) is 7.22. The molecule has 3 nitrogen and oxygen atoms in total. The highest BCUT2D eigenvalue weighted by molar-refractivity contribution is 9.10. The van der Waals surface area contributed by atoms with Crippen LogP contribution in [0.15, 0.2) is 33.6 Å². The van der Waals surface area contributed by atoms with E-state index in [4.69, 9.17) is 0 Å². The fraction of sp³-hybridized carbons (Fsp3) is 0.500. The molecule has 0 amide bonds. The molecule has 2 rings (SSSR count). The molecule has 0 N–H and O–H groups in total. The van der Waals surface area contributed by atoms with E-state index in [1.165, 1.54) is 0 Å². The van der Waals surface area contributed by atoms with Gasteiger partial charge < -0.3 is 0 Å². The van der Waals surface area contributed by atoms with E-state index in [1.807, 2.05) is 13.0 Å². The summed E-state index contributed by atoms with van der Waals surface area (Å²) in [4.78, 5) is 0.375. The molecule has 0 saturated heterocycles. The van der Waals surface area contributed by atoms with Crippen LogP contribution >= 0.6 is 15.9 Å². The van der Waals surface area contributed by atoms with Crippen molar-refractivity contribution in [2.45, 2.75) is 37.1 Å². The van der Waals surface area contributed by atoms with Crippen molar-refractivity contribution in [3.05, 3.63) is 28.7 Å². The quantitative estimate of drug-likeness (QED) is 0.837. The minimum atomic E-state index is -3.34. The maximum atomic E-state index is 12.5. The van der Waals surface area contributed by atoms with Gasteiger partial charge in [-0.15, -0.1) is 0 Å². The van der Waals surface area contributed by atoms with Crippen LogP contribution in [0.25, 0.3) is 0 Å². The molecular weight excluding hydrogens is 302 g/mol. The number of hydrogen-bond acceptors (Lipinski definition) is 2. The van der Waals surface area contributed by atoms with Gasteiger partial charge in [-0.2, -0.15) is 4.31 Å². The van der Waals surface area contributed by atoms with Crippen molar-refractivity contribution < 1.29 is 8.42 Å². The molecule has 0 unspecified atom stereocenters. The molecule has 1 saturated carbocycles. The molecule has 1 aliphatic carbocycles. The van der Waals surface area contributed by atoms with E-state index in [0.29, 0.717) is 15.9 Å². The summed E-state index contributed by atoms with van der Waals surface area (Å²) < 4.78 is 27.3. The molecule has 1 aromatic rings. The predicted octanol–water partition coefficient (Wildman–Crippen LogP) is 3.01. The Hall–Kier alpha value is -0.390. The van der Waals surface area contributed by atoms with E-state index < -0.39 is 10.0 Å². The summed E-state index contributed by atoms with van der Waals surface area (Å²) >= 11 is 3.32. The van der Waals surface area contributed by atoms with Crippen LogP contribution in [0.3, 0.4) is 0 Å². The van der Waals surface area contributed by atoms with Crippen molar-refractivity contribution in [2.24, 2.45) is 0 Å². The van der Waals surface area contributed by atoms with Crippen LogP contribution in [0.1, 0.15) is 26.2 Å². The Balaban J connectivity index is 2.37. The summed E-state index contributed by atoms with van der Waals surface area (Å²) in [6.45, 7) is 2.61. The Morgan fingerprint density at radius 2 is 2.00 bits per heavy atom. The monoisotopic (exact) mass is 317 g/mol. The largest absolute Gasteiger partial charge is 0.244 e. The molecule has 5 heteroatoms. The Kier molecular flexibility index (Phi) is 3.90. The molecule has 94 valence electrons. The lowest BCUT2D eigenvalue weighted by atomic mass is 10.4. The zero-order valence-electron chi connectivity index (χ0n) is 9.77. The third-order valence-electron chi connectivity index (χ3n) is 2.82. The summed E-state index contributed by atoms with van der Waals surface area (Å²) in [5.74, 6) is 0. The highest BCUT2D eigenvalue weighted by Crippen LogP contribution is 2.34. The molecule has 1 aliphatic rings. The van der Waals surface area contributed by atoms with Crippen LogP contribution in [0.4, 0.5) is 0 Å². The zero-order chi connectivity index (χ0) is 12.5. The summed E-state index contributed by atoms with van der Waals surface area (Å²) in [7, 11) is -3.34. The van der Waals surface area contributed by atoms with Crippen molar-refractivity contribution in [3.63, 3.8) is 0 Å². The van der Waals surface area contributed by atoms with E-state index in [-0.39, 0.29) is 6.04 Å². The van der Waals surface area contributed by atoms with Gasteiger partial charge in [0.1, 0.15) is 0 Å². The number of hydrogen-bond donors (Lipinski definition) is 0. The Morgan fingerprint density at radius 3 is 2.53 bits per heavy atom. The standard InChI is InChI=1S/C12H16BrNO2S/c1-2-9-14(10-7-8-10)17(15,16)12-6-4-3-5-11(12)13/h3-6,10H,2,7-9H2,1H3. The van der Waals surface area contributed by atoms with Crippen LogP contribution in [0.5, 0.6) is 0 Å². The molecule has 0 atom stereocenters. The lowest BCUT2D eigenvalue weighted by Crippen LogP contribution is -2.34. The van der Waals surface area contributed by atoms with Gasteiger partial charge in [0.25, 0.3) is 0 Å². The fourth-order valence-corrected chi connectivity index (χ4v) is 4.60. The van der Waals surface area contributed by atoms with Crippen LogP contribution in [-0.4, -0.2) is 25.3 Å². The first-order valence-corrected chi connectivity index (χ1v) is 8.07.